The van der Waals surface area contributed by atoms with E-state index in [1.165, 1.54) is 31.0 Å². The minimum atomic E-state index is -0.436. The first kappa shape index (κ1) is 11.2. The average molecular weight is 225 g/mol. The Bertz CT molecular complexity index is 351. The number of hydrogen-bond donors (Lipinski definition) is 2. The third kappa shape index (κ3) is 2.85. The molecule has 0 bridgehead atoms. The zero-order valence-electron chi connectivity index (χ0n) is 9.08. The lowest BCUT2D eigenvalue weighted by Gasteiger charge is -2.23. The molecule has 4 heteroatoms. The number of piperidine rings is 1. The van der Waals surface area contributed by atoms with Crippen LogP contribution in [0.4, 0.5) is 4.39 Å². The fourth-order valence-electron chi connectivity index (χ4n) is 1.86. The molecule has 2 rings (SSSR count). The second-order valence-corrected chi connectivity index (χ2v) is 4.07. The van der Waals surface area contributed by atoms with Crippen molar-refractivity contribution in [2.24, 2.45) is 0 Å². The molecule has 1 heterocycles. The molecule has 0 amide bonds. The molecule has 1 fully saturated rings. The third-order valence-corrected chi connectivity index (χ3v) is 2.77. The molecule has 1 aliphatic heterocycles. The SMILES string of the molecule is Oc1ccc(F)c(OCC2CCCCN2)c1. The summed E-state index contributed by atoms with van der Waals surface area (Å²) in [5.74, 6) is -0.297. The van der Waals surface area contributed by atoms with Crippen LogP contribution in [0.5, 0.6) is 11.5 Å². The predicted molar refractivity (Wildman–Crippen MR) is 59.2 cm³/mol. The van der Waals surface area contributed by atoms with Crippen molar-refractivity contribution < 1.29 is 14.2 Å². The van der Waals surface area contributed by atoms with E-state index in [0.29, 0.717) is 6.61 Å². The van der Waals surface area contributed by atoms with Gasteiger partial charge in [-0.1, -0.05) is 6.42 Å². The van der Waals surface area contributed by atoms with Crippen LogP contribution in [-0.4, -0.2) is 24.3 Å². The van der Waals surface area contributed by atoms with Crippen molar-refractivity contribution in [3.05, 3.63) is 24.0 Å². The van der Waals surface area contributed by atoms with E-state index < -0.39 is 5.82 Å². The van der Waals surface area contributed by atoms with Gasteiger partial charge in [-0.2, -0.15) is 0 Å². The van der Waals surface area contributed by atoms with Crippen LogP contribution >= 0.6 is 0 Å². The molecule has 0 spiro atoms. The summed E-state index contributed by atoms with van der Waals surface area (Å²) in [6.07, 6.45) is 3.43. The summed E-state index contributed by atoms with van der Waals surface area (Å²) in [6.45, 7) is 1.44. The largest absolute Gasteiger partial charge is 0.508 e. The molecule has 88 valence electrons. The summed E-state index contributed by atoms with van der Waals surface area (Å²) in [5.41, 5.74) is 0. The van der Waals surface area contributed by atoms with Crippen molar-refractivity contribution in [3.63, 3.8) is 0 Å². The first-order valence-corrected chi connectivity index (χ1v) is 5.60. The summed E-state index contributed by atoms with van der Waals surface area (Å²) >= 11 is 0. The zero-order valence-corrected chi connectivity index (χ0v) is 9.08. The average Bonchev–Trinajstić information content (AvgIpc) is 2.32. The maximum Gasteiger partial charge on any atom is 0.165 e. The van der Waals surface area contributed by atoms with Crippen LogP contribution < -0.4 is 10.1 Å². The maximum absolute atomic E-state index is 13.3. The van der Waals surface area contributed by atoms with Gasteiger partial charge >= 0.3 is 0 Å². The van der Waals surface area contributed by atoms with E-state index in [4.69, 9.17) is 4.74 Å². The third-order valence-electron chi connectivity index (χ3n) is 2.77. The molecule has 1 aliphatic rings. The first-order valence-electron chi connectivity index (χ1n) is 5.60. The molecule has 16 heavy (non-hydrogen) atoms. The highest BCUT2D eigenvalue weighted by Gasteiger charge is 2.14. The number of aromatic hydroxyl groups is 1. The summed E-state index contributed by atoms with van der Waals surface area (Å²) in [7, 11) is 0. The van der Waals surface area contributed by atoms with Gasteiger partial charge in [0.05, 0.1) is 0 Å². The normalized spacial score (nSPS) is 20.7. The van der Waals surface area contributed by atoms with E-state index in [2.05, 4.69) is 5.32 Å². The van der Waals surface area contributed by atoms with E-state index in [9.17, 15) is 9.50 Å². The highest BCUT2D eigenvalue weighted by atomic mass is 19.1. The lowest BCUT2D eigenvalue weighted by atomic mass is 10.1. The molecule has 0 aromatic heterocycles. The van der Waals surface area contributed by atoms with E-state index in [1.54, 1.807) is 0 Å². The van der Waals surface area contributed by atoms with Crippen LogP contribution in [0.15, 0.2) is 18.2 Å². The van der Waals surface area contributed by atoms with Gasteiger partial charge in [0.15, 0.2) is 11.6 Å². The number of benzene rings is 1. The smallest absolute Gasteiger partial charge is 0.165 e. The van der Waals surface area contributed by atoms with Gasteiger partial charge in [-0.15, -0.1) is 0 Å². The van der Waals surface area contributed by atoms with Crippen molar-refractivity contribution in [1.82, 2.24) is 5.32 Å². The number of rotatable bonds is 3. The molecule has 3 nitrogen and oxygen atoms in total. The summed E-state index contributed by atoms with van der Waals surface area (Å²) < 4.78 is 18.6. The summed E-state index contributed by atoms with van der Waals surface area (Å²) in [6, 6.07) is 4.11. The topological polar surface area (TPSA) is 41.5 Å². The van der Waals surface area contributed by atoms with E-state index >= 15 is 0 Å². The molecule has 0 aliphatic carbocycles. The van der Waals surface area contributed by atoms with Crippen LogP contribution in [0.1, 0.15) is 19.3 Å². The van der Waals surface area contributed by atoms with Gasteiger partial charge in [-0.25, -0.2) is 4.39 Å². The van der Waals surface area contributed by atoms with Crippen LogP contribution in [0.2, 0.25) is 0 Å². The van der Waals surface area contributed by atoms with Crippen molar-refractivity contribution in [2.75, 3.05) is 13.2 Å². The molecule has 2 N–H and O–H groups in total. The van der Waals surface area contributed by atoms with Gasteiger partial charge in [0.1, 0.15) is 12.4 Å². The minimum Gasteiger partial charge on any atom is -0.508 e. The predicted octanol–water partition coefficient (Wildman–Crippen LogP) is 2.05. The number of ether oxygens (including phenoxy) is 1. The Hall–Kier alpha value is -1.29. The molecule has 0 radical (unpaired) electrons. The maximum atomic E-state index is 13.3. The van der Waals surface area contributed by atoms with Crippen LogP contribution in [-0.2, 0) is 0 Å². The Morgan fingerprint density at radius 2 is 2.31 bits per heavy atom. The van der Waals surface area contributed by atoms with Crippen LogP contribution in [0.3, 0.4) is 0 Å². The number of nitrogens with one attached hydrogen (secondary N) is 1. The van der Waals surface area contributed by atoms with E-state index in [-0.39, 0.29) is 17.5 Å². The van der Waals surface area contributed by atoms with Crippen molar-refractivity contribution in [2.45, 2.75) is 25.3 Å². The quantitative estimate of drug-likeness (QED) is 0.827. The lowest BCUT2D eigenvalue weighted by molar-refractivity contribution is 0.230. The fourth-order valence-corrected chi connectivity index (χ4v) is 1.86. The molecule has 1 atom stereocenters. The molecule has 1 saturated heterocycles. The molecule has 1 aromatic carbocycles. The first-order chi connectivity index (χ1) is 7.75. The lowest BCUT2D eigenvalue weighted by Crippen LogP contribution is -2.38. The van der Waals surface area contributed by atoms with Gasteiger partial charge in [0, 0.05) is 12.1 Å². The van der Waals surface area contributed by atoms with Crippen molar-refractivity contribution >= 4 is 0 Å². The fraction of sp³-hybridized carbons (Fsp3) is 0.500. The van der Waals surface area contributed by atoms with Crippen LogP contribution in [0.25, 0.3) is 0 Å². The molecule has 1 unspecified atom stereocenters. The standard InChI is InChI=1S/C12H16FNO2/c13-11-5-4-10(15)7-12(11)16-8-9-3-1-2-6-14-9/h4-5,7,9,14-15H,1-3,6,8H2. The van der Waals surface area contributed by atoms with Gasteiger partial charge in [0.25, 0.3) is 0 Å². The van der Waals surface area contributed by atoms with Crippen LogP contribution in [0, 0.1) is 5.82 Å². The Morgan fingerprint density at radius 3 is 3.06 bits per heavy atom. The minimum absolute atomic E-state index is 0.0213. The Labute approximate surface area is 94.2 Å². The second-order valence-electron chi connectivity index (χ2n) is 4.07. The summed E-state index contributed by atoms with van der Waals surface area (Å²) in [5, 5.41) is 12.5. The molecule has 0 saturated carbocycles. The monoisotopic (exact) mass is 225 g/mol. The highest BCUT2D eigenvalue weighted by molar-refractivity contribution is 5.33. The molecular weight excluding hydrogens is 209 g/mol. The Kier molecular flexibility index (Phi) is 3.62. The Morgan fingerprint density at radius 1 is 1.44 bits per heavy atom. The van der Waals surface area contributed by atoms with Gasteiger partial charge in [0.2, 0.25) is 0 Å². The number of phenolic OH excluding ortho intramolecular Hbond substituents is 1. The van der Waals surface area contributed by atoms with Crippen molar-refractivity contribution in [1.29, 1.82) is 0 Å². The number of phenols is 1. The zero-order chi connectivity index (χ0) is 11.4. The van der Waals surface area contributed by atoms with Gasteiger partial charge in [-0.05, 0) is 31.5 Å². The number of hydrogen-bond acceptors (Lipinski definition) is 3. The van der Waals surface area contributed by atoms with E-state index in [1.807, 2.05) is 0 Å². The Balaban J connectivity index is 1.90. The van der Waals surface area contributed by atoms with E-state index in [0.717, 1.165) is 13.0 Å². The molecular formula is C12H16FNO2. The van der Waals surface area contributed by atoms with Gasteiger partial charge < -0.3 is 15.2 Å². The number of halogens is 1. The second kappa shape index (κ2) is 5.16. The van der Waals surface area contributed by atoms with Gasteiger partial charge in [-0.3, -0.25) is 0 Å². The van der Waals surface area contributed by atoms with Crippen molar-refractivity contribution in [3.8, 4) is 11.5 Å². The molecule has 1 aromatic rings. The summed E-state index contributed by atoms with van der Waals surface area (Å²) in [4.78, 5) is 0. The highest BCUT2D eigenvalue weighted by Crippen LogP contribution is 2.22.